The number of nitrogens with two attached hydrogens (primary N) is 2. The lowest BCUT2D eigenvalue weighted by molar-refractivity contribution is -0.118. The van der Waals surface area contributed by atoms with Crippen molar-refractivity contribution in [2.24, 2.45) is 11.5 Å². The van der Waals surface area contributed by atoms with Crippen LogP contribution in [0.15, 0.2) is 66.7 Å². The van der Waals surface area contributed by atoms with Gasteiger partial charge in [-0.2, -0.15) is 0 Å². The average Bonchev–Trinajstić information content (AvgIpc) is 3.29. The Hall–Kier alpha value is -3.68. The Morgan fingerprint density at radius 3 is 2.24 bits per heavy atom. The number of primary amides is 1. The Bertz CT molecular complexity index is 1340. The van der Waals surface area contributed by atoms with E-state index in [0.717, 1.165) is 72.4 Å². The lowest BCUT2D eigenvalue weighted by atomic mass is 10.0. The van der Waals surface area contributed by atoms with Gasteiger partial charge in [0.15, 0.2) is 0 Å². The minimum Gasteiger partial charge on any atom is -0.392 e. The van der Waals surface area contributed by atoms with Crippen molar-refractivity contribution >= 4 is 22.6 Å². The summed E-state index contributed by atoms with van der Waals surface area (Å²) in [6, 6.07) is 22.2. The van der Waals surface area contributed by atoms with Crippen LogP contribution >= 0.6 is 0 Å². The monoisotopic (exact) mass is 513 g/mol. The lowest BCUT2D eigenvalue weighted by Gasteiger charge is -2.24. The maximum Gasteiger partial charge on any atom is 0.219 e. The number of aromatic nitrogens is 2. The molecule has 1 heterocycles. The molecule has 7 nitrogen and oxygen atoms in total. The van der Waals surface area contributed by atoms with E-state index in [9.17, 15) is 9.90 Å². The van der Waals surface area contributed by atoms with E-state index in [1.165, 1.54) is 11.3 Å². The first-order chi connectivity index (χ1) is 18.4. The van der Waals surface area contributed by atoms with Gasteiger partial charge >= 0.3 is 0 Å². The highest BCUT2D eigenvalue weighted by atomic mass is 16.3. The molecule has 0 aliphatic carbocycles. The van der Waals surface area contributed by atoms with Crippen molar-refractivity contribution in [3.63, 3.8) is 0 Å². The first-order valence-corrected chi connectivity index (χ1v) is 13.5. The number of hydrogen-bond acceptors (Lipinski definition) is 5. The molecule has 4 rings (SSSR count). The van der Waals surface area contributed by atoms with Gasteiger partial charge in [-0.3, -0.25) is 4.79 Å². The third kappa shape index (κ3) is 6.41. The van der Waals surface area contributed by atoms with E-state index in [2.05, 4.69) is 59.7 Å². The quantitative estimate of drug-likeness (QED) is 0.235. The summed E-state index contributed by atoms with van der Waals surface area (Å²) >= 11 is 0. The van der Waals surface area contributed by atoms with Gasteiger partial charge in [-0.15, -0.1) is 0 Å². The second-order valence-electron chi connectivity index (χ2n) is 9.87. The van der Waals surface area contributed by atoms with Crippen LogP contribution in [-0.2, 0) is 24.4 Å². The molecule has 7 heteroatoms. The molecule has 0 saturated heterocycles. The molecule has 1 aromatic heterocycles. The van der Waals surface area contributed by atoms with Crippen LogP contribution in [0.3, 0.4) is 0 Å². The number of carbonyl (C=O) groups excluding carboxylic acids is 1. The van der Waals surface area contributed by atoms with Gasteiger partial charge < -0.3 is 26.0 Å². The van der Waals surface area contributed by atoms with Crippen molar-refractivity contribution in [1.82, 2.24) is 9.55 Å². The SMILES string of the molecule is CCCN(CCC)c1ccc(-c2nc3cc(C(N)CC(N)=O)ccc3n2CCc2ccc(CO)cc2)cc1. The predicted molar refractivity (Wildman–Crippen MR) is 155 cm³/mol. The first kappa shape index (κ1) is 27.4. The van der Waals surface area contributed by atoms with E-state index in [4.69, 9.17) is 16.5 Å². The summed E-state index contributed by atoms with van der Waals surface area (Å²) < 4.78 is 2.25. The van der Waals surface area contributed by atoms with Gasteiger partial charge in [0.2, 0.25) is 5.91 Å². The summed E-state index contributed by atoms with van der Waals surface area (Å²) in [5.74, 6) is 0.480. The van der Waals surface area contributed by atoms with Crippen LogP contribution in [-0.4, -0.2) is 33.7 Å². The van der Waals surface area contributed by atoms with Crippen molar-refractivity contribution < 1.29 is 9.90 Å². The van der Waals surface area contributed by atoms with E-state index >= 15 is 0 Å². The topological polar surface area (TPSA) is 110 Å². The first-order valence-electron chi connectivity index (χ1n) is 13.5. The second kappa shape index (κ2) is 12.7. The molecule has 1 unspecified atom stereocenters. The molecule has 0 fully saturated rings. The second-order valence-corrected chi connectivity index (χ2v) is 9.87. The van der Waals surface area contributed by atoms with E-state index in [1.54, 1.807) is 0 Å². The number of aryl methyl sites for hydroxylation is 2. The highest BCUT2D eigenvalue weighted by Gasteiger charge is 2.17. The fourth-order valence-electron chi connectivity index (χ4n) is 4.94. The maximum atomic E-state index is 11.4. The smallest absolute Gasteiger partial charge is 0.219 e. The zero-order valence-electron chi connectivity index (χ0n) is 22.4. The normalized spacial score (nSPS) is 12.1. The van der Waals surface area contributed by atoms with Crippen LogP contribution in [0.1, 0.15) is 55.8 Å². The fourth-order valence-corrected chi connectivity index (χ4v) is 4.94. The number of anilines is 1. The highest BCUT2D eigenvalue weighted by molar-refractivity contribution is 5.82. The number of carbonyl (C=O) groups is 1. The summed E-state index contributed by atoms with van der Waals surface area (Å²) in [6.07, 6.45) is 3.14. The molecule has 0 bridgehead atoms. The Kier molecular flexibility index (Phi) is 9.15. The molecule has 1 amide bonds. The molecule has 0 aliphatic heterocycles. The summed E-state index contributed by atoms with van der Waals surface area (Å²) in [5, 5.41) is 9.36. The van der Waals surface area contributed by atoms with Gasteiger partial charge in [0.25, 0.3) is 0 Å². The van der Waals surface area contributed by atoms with Crippen LogP contribution in [0, 0.1) is 0 Å². The van der Waals surface area contributed by atoms with Crippen molar-refractivity contribution in [3.05, 3.63) is 83.4 Å². The number of aliphatic hydroxyl groups excluding tert-OH is 1. The van der Waals surface area contributed by atoms with Crippen LogP contribution in [0.2, 0.25) is 0 Å². The Labute approximate surface area is 225 Å². The molecule has 0 spiro atoms. The van der Waals surface area contributed by atoms with Crippen molar-refractivity contribution in [2.45, 2.75) is 58.7 Å². The molecular formula is C31H39N5O2. The van der Waals surface area contributed by atoms with E-state index < -0.39 is 11.9 Å². The molecule has 1 atom stereocenters. The summed E-state index contributed by atoms with van der Waals surface area (Å²) in [5.41, 5.74) is 18.7. The zero-order valence-corrected chi connectivity index (χ0v) is 22.4. The van der Waals surface area contributed by atoms with E-state index in [-0.39, 0.29) is 13.0 Å². The van der Waals surface area contributed by atoms with Gasteiger partial charge in [0.05, 0.1) is 17.6 Å². The maximum absolute atomic E-state index is 11.4. The van der Waals surface area contributed by atoms with Crippen molar-refractivity contribution in [1.29, 1.82) is 0 Å². The highest BCUT2D eigenvalue weighted by Crippen LogP contribution is 2.29. The third-order valence-electron chi connectivity index (χ3n) is 6.93. The van der Waals surface area contributed by atoms with Crippen LogP contribution in [0.25, 0.3) is 22.4 Å². The number of rotatable bonds is 13. The molecule has 0 radical (unpaired) electrons. The third-order valence-corrected chi connectivity index (χ3v) is 6.93. The molecule has 0 aliphatic rings. The Morgan fingerprint density at radius 2 is 1.63 bits per heavy atom. The van der Waals surface area contributed by atoms with Gasteiger partial charge in [0, 0.05) is 43.3 Å². The lowest BCUT2D eigenvalue weighted by Crippen LogP contribution is -2.24. The van der Waals surface area contributed by atoms with Gasteiger partial charge in [-0.05, 0) is 72.4 Å². The molecule has 0 saturated carbocycles. The average molecular weight is 514 g/mol. The van der Waals surface area contributed by atoms with Crippen LogP contribution in [0.4, 0.5) is 5.69 Å². The van der Waals surface area contributed by atoms with Gasteiger partial charge in [-0.1, -0.05) is 44.2 Å². The van der Waals surface area contributed by atoms with Gasteiger partial charge in [-0.25, -0.2) is 4.98 Å². The molecule has 3 aromatic carbocycles. The minimum absolute atomic E-state index is 0.0424. The zero-order chi connectivity index (χ0) is 27.1. The number of amides is 1. The van der Waals surface area contributed by atoms with E-state index in [0.29, 0.717) is 0 Å². The molecular weight excluding hydrogens is 474 g/mol. The molecule has 38 heavy (non-hydrogen) atoms. The Balaban J connectivity index is 1.70. The molecule has 5 N–H and O–H groups in total. The summed E-state index contributed by atoms with van der Waals surface area (Å²) in [7, 11) is 0. The predicted octanol–water partition coefficient (Wildman–Crippen LogP) is 4.94. The number of fused-ring (bicyclic) bond motifs is 1. The minimum atomic E-state index is -0.460. The Morgan fingerprint density at radius 1 is 0.974 bits per heavy atom. The molecule has 200 valence electrons. The summed E-state index contributed by atoms with van der Waals surface area (Å²) in [6.45, 7) is 7.28. The van der Waals surface area contributed by atoms with Gasteiger partial charge in [0.1, 0.15) is 5.82 Å². The fraction of sp³-hybridized carbons (Fsp3) is 0.355. The van der Waals surface area contributed by atoms with Crippen molar-refractivity contribution in [2.75, 3.05) is 18.0 Å². The molecule has 4 aromatic rings. The summed E-state index contributed by atoms with van der Waals surface area (Å²) in [4.78, 5) is 18.9. The van der Waals surface area contributed by atoms with Crippen molar-refractivity contribution in [3.8, 4) is 11.4 Å². The van der Waals surface area contributed by atoms with Crippen LogP contribution in [0.5, 0.6) is 0 Å². The standard InChI is InChI=1S/C31H39N5O2/c1-3-16-35(17-4-2)26-12-9-24(10-13-26)31-34-28-19-25(27(32)20-30(33)38)11-14-29(28)36(31)18-15-22-5-7-23(21-37)8-6-22/h5-14,19,27,37H,3-4,15-18,20-21,32H2,1-2H3,(H2,33,38). The number of hydrogen-bond donors (Lipinski definition) is 3. The number of aliphatic hydroxyl groups is 1. The van der Waals surface area contributed by atoms with Crippen LogP contribution < -0.4 is 16.4 Å². The van der Waals surface area contributed by atoms with E-state index in [1.807, 2.05) is 30.3 Å². The number of imidazole rings is 1. The largest absolute Gasteiger partial charge is 0.392 e. The number of nitrogens with zero attached hydrogens (tertiary/aromatic N) is 3. The number of benzene rings is 3.